The van der Waals surface area contributed by atoms with Gasteiger partial charge in [0.1, 0.15) is 11.6 Å². The van der Waals surface area contributed by atoms with Crippen LogP contribution in [0.1, 0.15) is 5.56 Å². The van der Waals surface area contributed by atoms with Gasteiger partial charge in [0.15, 0.2) is 0 Å². The fourth-order valence-electron chi connectivity index (χ4n) is 15.9. The number of hydrogen-bond acceptors (Lipinski definition) is 1. The third-order valence-corrected chi connectivity index (χ3v) is 19.7. The predicted octanol–water partition coefficient (Wildman–Crippen LogP) is 22.1. The molecule has 0 aliphatic carbocycles. The van der Waals surface area contributed by atoms with Crippen molar-refractivity contribution in [1.29, 1.82) is 5.26 Å². The Hall–Kier alpha value is -12.8. The molecule has 0 fully saturated rings. The predicted molar refractivity (Wildman–Crippen MR) is 383 cm³/mol. The molecule has 0 radical (unpaired) electrons. The lowest BCUT2D eigenvalue weighted by atomic mass is 9.97. The van der Waals surface area contributed by atoms with Crippen molar-refractivity contribution in [2.75, 3.05) is 0 Å². The first-order valence-electron chi connectivity index (χ1n) is 31.6. The number of nitrogens with zero attached hydrogens (tertiary/aromatic N) is 7. The van der Waals surface area contributed by atoms with Gasteiger partial charge in [-0.25, -0.2) is 8.78 Å². The molecule has 0 N–H and O–H groups in total. The van der Waals surface area contributed by atoms with Crippen molar-refractivity contribution in [1.82, 2.24) is 27.4 Å². The first-order valence-corrected chi connectivity index (χ1v) is 31.6. The Kier molecular flexibility index (Phi) is 10.9. The number of fused-ring (bicyclic) bond motifs is 18. The Morgan fingerprint density at radius 1 is 0.223 bits per heavy atom. The highest BCUT2D eigenvalue weighted by atomic mass is 19.1. The van der Waals surface area contributed by atoms with E-state index in [9.17, 15) is 5.26 Å². The maximum absolute atomic E-state index is 16.5. The van der Waals surface area contributed by atoms with Crippen LogP contribution >= 0.6 is 0 Å². The summed E-state index contributed by atoms with van der Waals surface area (Å²) >= 11 is 0. The van der Waals surface area contributed by atoms with Gasteiger partial charge >= 0.3 is 0 Å². The molecule has 6 heterocycles. The maximum atomic E-state index is 16.5. The molecule has 0 unspecified atom stereocenters. The quantitative estimate of drug-likeness (QED) is 0.157. The third kappa shape index (κ3) is 7.33. The number of nitriles is 1. The van der Waals surface area contributed by atoms with E-state index in [-0.39, 0.29) is 0 Å². The van der Waals surface area contributed by atoms with Gasteiger partial charge in [-0.1, -0.05) is 146 Å². The highest BCUT2D eigenvalue weighted by Crippen LogP contribution is 2.47. The molecule has 0 aliphatic rings. The molecule has 94 heavy (non-hydrogen) atoms. The average molecular weight is 1210 g/mol. The second-order valence-corrected chi connectivity index (χ2v) is 24.6. The van der Waals surface area contributed by atoms with Gasteiger partial charge < -0.3 is 27.4 Å². The number of aromatic nitrogens is 6. The molecule has 0 aliphatic heterocycles. The summed E-state index contributed by atoms with van der Waals surface area (Å²) in [6.45, 7) is 0. The Bertz CT molecular complexity index is 5790. The minimum atomic E-state index is -0.723. The molecule has 0 bridgehead atoms. The van der Waals surface area contributed by atoms with Gasteiger partial charge in [-0.15, -0.1) is 0 Å². The highest BCUT2D eigenvalue weighted by Gasteiger charge is 2.27. The summed E-state index contributed by atoms with van der Waals surface area (Å²) in [7, 11) is 0. The van der Waals surface area contributed by atoms with Gasteiger partial charge in [0.2, 0.25) is 0 Å². The Labute approximate surface area is 535 Å². The molecule has 14 aromatic carbocycles. The molecule has 0 amide bonds. The molecular formula is C85H49F2N7. The monoisotopic (exact) mass is 1210 g/mol. The number of benzene rings is 14. The summed E-state index contributed by atoms with van der Waals surface area (Å²) in [5.74, 6) is -1.45. The molecule has 7 nitrogen and oxygen atoms in total. The van der Waals surface area contributed by atoms with Crippen LogP contribution in [0.25, 0.3) is 176 Å². The van der Waals surface area contributed by atoms with Crippen molar-refractivity contribution >= 4 is 131 Å². The molecule has 20 aromatic rings. The highest BCUT2D eigenvalue weighted by molar-refractivity contribution is 6.17. The Morgan fingerprint density at radius 2 is 0.447 bits per heavy atom. The Balaban J connectivity index is 0.907. The van der Waals surface area contributed by atoms with E-state index in [4.69, 9.17) is 0 Å². The van der Waals surface area contributed by atoms with Crippen LogP contribution in [0, 0.1) is 23.0 Å². The van der Waals surface area contributed by atoms with Crippen molar-refractivity contribution in [3.05, 3.63) is 314 Å². The third-order valence-electron chi connectivity index (χ3n) is 19.7. The summed E-state index contributed by atoms with van der Waals surface area (Å²) in [6.07, 6.45) is 0. The van der Waals surface area contributed by atoms with Crippen LogP contribution in [0.2, 0.25) is 0 Å². The molecule has 9 heteroatoms. The molecule has 0 atom stereocenters. The average Bonchev–Trinajstić information content (AvgIpc) is 1.53. The van der Waals surface area contributed by atoms with Gasteiger partial charge in [0.25, 0.3) is 0 Å². The lowest BCUT2D eigenvalue weighted by molar-refractivity contribution is 0.584. The lowest BCUT2D eigenvalue weighted by Crippen LogP contribution is -2.06. The summed E-state index contributed by atoms with van der Waals surface area (Å²) in [5.41, 5.74) is 18.2. The van der Waals surface area contributed by atoms with Crippen molar-refractivity contribution in [2.24, 2.45) is 0 Å². The molecule has 0 saturated carbocycles. The zero-order valence-electron chi connectivity index (χ0n) is 50.2. The van der Waals surface area contributed by atoms with Gasteiger partial charge in [0.05, 0.1) is 89.2 Å². The van der Waals surface area contributed by atoms with Gasteiger partial charge in [-0.05, 0) is 151 Å². The topological polar surface area (TPSA) is 53.4 Å². The van der Waals surface area contributed by atoms with E-state index in [0.29, 0.717) is 28.1 Å². The van der Waals surface area contributed by atoms with E-state index >= 15 is 8.78 Å². The van der Waals surface area contributed by atoms with E-state index in [0.717, 1.165) is 160 Å². The standard InChI is InChI=1S/C85H49F2N7/c86-53-43-52(44-54(87)45-53)85-83(93-79-37-33-55(89-71-25-9-1-17-59(71)60-18-2-10-26-72(60)89)46-67(79)68-47-56(34-38-80(68)93)90-73-27-11-3-19-61(73)62-20-4-12-28-74(62)90)41-51(50-88)42-84(85)94-81-39-35-57(91-75-29-13-5-21-63(75)64-22-6-14-30-76(64)91)48-69(81)70-49-58(36-40-82(70)94)92-77-31-15-7-23-65(77)66-24-8-16-32-78(66)92/h1-49H. The maximum Gasteiger partial charge on any atom is 0.126 e. The number of para-hydroxylation sites is 8. The molecule has 20 rings (SSSR count). The summed E-state index contributed by atoms with van der Waals surface area (Å²) in [5, 5.41) is 24.5. The van der Waals surface area contributed by atoms with Crippen LogP contribution in [0.3, 0.4) is 0 Å². The molecule has 0 saturated heterocycles. The number of hydrogen-bond donors (Lipinski definition) is 0. The SMILES string of the molecule is N#Cc1cc(-n2c3ccc(-n4c5ccccc5c5ccccc54)cc3c3cc(-n4c5ccccc5c5ccccc54)ccc32)c(-c2cc(F)cc(F)c2)c(-n2c3ccc(-n4c5ccccc5c5ccccc54)cc3c3cc(-n4c5ccccc5c5ccccc54)ccc32)c1. The molecule has 438 valence electrons. The fraction of sp³-hybridized carbons (Fsp3) is 0. The number of rotatable bonds is 7. The van der Waals surface area contributed by atoms with Gasteiger partial charge in [0, 0.05) is 99.0 Å². The zero-order valence-corrected chi connectivity index (χ0v) is 50.2. The minimum absolute atomic E-state index is 0.310. The van der Waals surface area contributed by atoms with E-state index in [2.05, 4.69) is 300 Å². The minimum Gasteiger partial charge on any atom is -0.309 e. The second-order valence-electron chi connectivity index (χ2n) is 24.6. The van der Waals surface area contributed by atoms with Crippen molar-refractivity contribution in [3.63, 3.8) is 0 Å². The summed E-state index contributed by atoms with van der Waals surface area (Å²) in [4.78, 5) is 0. The Morgan fingerprint density at radius 3 is 0.681 bits per heavy atom. The normalized spacial score (nSPS) is 12.1. The zero-order chi connectivity index (χ0) is 62.0. The van der Waals surface area contributed by atoms with Crippen LogP contribution in [0.15, 0.2) is 297 Å². The first-order chi connectivity index (χ1) is 46.4. The van der Waals surface area contributed by atoms with E-state index in [1.807, 2.05) is 12.1 Å². The largest absolute Gasteiger partial charge is 0.309 e. The van der Waals surface area contributed by atoms with Gasteiger partial charge in [-0.3, -0.25) is 0 Å². The molecule has 6 aromatic heterocycles. The van der Waals surface area contributed by atoms with Crippen LogP contribution < -0.4 is 0 Å². The van der Waals surface area contributed by atoms with E-state index in [1.54, 1.807) is 0 Å². The lowest BCUT2D eigenvalue weighted by Gasteiger charge is -2.21. The molecular weight excluding hydrogens is 1160 g/mol. The fourth-order valence-corrected chi connectivity index (χ4v) is 15.9. The van der Waals surface area contributed by atoms with Crippen molar-refractivity contribution in [3.8, 4) is 51.3 Å². The van der Waals surface area contributed by atoms with E-state index in [1.165, 1.54) is 12.1 Å². The van der Waals surface area contributed by atoms with Crippen LogP contribution in [-0.2, 0) is 0 Å². The van der Waals surface area contributed by atoms with Gasteiger partial charge in [-0.2, -0.15) is 5.26 Å². The smallest absolute Gasteiger partial charge is 0.126 e. The number of halogens is 2. The first kappa shape index (κ1) is 52.0. The van der Waals surface area contributed by atoms with Crippen LogP contribution in [-0.4, -0.2) is 27.4 Å². The second kappa shape index (κ2) is 19.6. The molecule has 0 spiro atoms. The van der Waals surface area contributed by atoms with E-state index < -0.39 is 11.6 Å². The van der Waals surface area contributed by atoms with Crippen LogP contribution in [0.4, 0.5) is 8.78 Å². The summed E-state index contributed by atoms with van der Waals surface area (Å²) < 4.78 is 46.8. The summed E-state index contributed by atoms with van der Waals surface area (Å²) in [6, 6.07) is 105. The van der Waals surface area contributed by atoms with Crippen molar-refractivity contribution < 1.29 is 8.78 Å². The van der Waals surface area contributed by atoms with Crippen molar-refractivity contribution in [2.45, 2.75) is 0 Å². The van der Waals surface area contributed by atoms with Crippen LogP contribution in [0.5, 0.6) is 0 Å².